The molecule has 2 N–H and O–H groups in total. The van der Waals surface area contributed by atoms with Crippen LogP contribution in [-0.2, 0) is 0 Å². The predicted octanol–water partition coefficient (Wildman–Crippen LogP) is 6.25. The molecule has 0 bridgehead atoms. The van der Waals surface area contributed by atoms with Gasteiger partial charge in [-0.1, -0.05) is 67.4 Å². The fourth-order valence-electron chi connectivity index (χ4n) is 4.59. The summed E-state index contributed by atoms with van der Waals surface area (Å²) in [6, 6.07) is 25.4. The Morgan fingerprint density at radius 3 is 2.25 bits per heavy atom. The SMILES string of the molecule is CCC[C@H](c1ccc(C(=O)O)cc1)C(c1ccc(C)cc1)c1cccc2[nH]c(=O)ccc12. The number of aromatic nitrogens is 1. The number of rotatable bonds is 7. The minimum atomic E-state index is -0.920. The van der Waals surface area contributed by atoms with Crippen molar-refractivity contribution >= 4 is 16.9 Å². The van der Waals surface area contributed by atoms with Gasteiger partial charge in [0.25, 0.3) is 0 Å². The molecule has 3 aromatic carbocycles. The summed E-state index contributed by atoms with van der Waals surface area (Å²) >= 11 is 0. The normalized spacial score (nSPS) is 13.1. The lowest BCUT2D eigenvalue weighted by molar-refractivity contribution is 0.0697. The van der Waals surface area contributed by atoms with E-state index in [0.717, 1.165) is 34.9 Å². The maximum absolute atomic E-state index is 11.9. The molecule has 4 nitrogen and oxygen atoms in total. The number of fused-ring (bicyclic) bond motifs is 1. The minimum Gasteiger partial charge on any atom is -0.478 e. The second-order valence-electron chi connectivity index (χ2n) is 8.34. The molecule has 0 spiro atoms. The standard InChI is InChI=1S/C28H27NO3/c1-3-5-22(19-12-14-21(15-13-19)28(31)32)27(20-10-8-18(2)9-11-20)24-6-4-7-25-23(24)16-17-26(30)29-25/h4,6-17,22,27H,3,5H2,1-2H3,(H,29,30)(H,31,32)/t22-,27?/m1/s1. The first-order valence-electron chi connectivity index (χ1n) is 11.0. The van der Waals surface area contributed by atoms with E-state index in [1.54, 1.807) is 18.2 Å². The zero-order valence-corrected chi connectivity index (χ0v) is 18.3. The summed E-state index contributed by atoms with van der Waals surface area (Å²) in [6.07, 6.45) is 1.94. The average molecular weight is 426 g/mol. The molecule has 162 valence electrons. The van der Waals surface area contributed by atoms with Crippen molar-refractivity contribution in [1.82, 2.24) is 4.98 Å². The number of aromatic amines is 1. The zero-order chi connectivity index (χ0) is 22.7. The summed E-state index contributed by atoms with van der Waals surface area (Å²) in [6.45, 7) is 4.25. The zero-order valence-electron chi connectivity index (χ0n) is 18.3. The lowest BCUT2D eigenvalue weighted by atomic mass is 9.74. The van der Waals surface area contributed by atoms with Crippen LogP contribution in [0.4, 0.5) is 0 Å². The molecule has 1 heterocycles. The van der Waals surface area contributed by atoms with Crippen molar-refractivity contribution < 1.29 is 9.90 Å². The van der Waals surface area contributed by atoms with Gasteiger partial charge >= 0.3 is 5.97 Å². The molecule has 4 aromatic rings. The van der Waals surface area contributed by atoms with Crippen LogP contribution in [0.15, 0.2) is 83.7 Å². The van der Waals surface area contributed by atoms with Gasteiger partial charge in [-0.2, -0.15) is 0 Å². The van der Waals surface area contributed by atoms with Crippen molar-refractivity contribution in [3.8, 4) is 0 Å². The molecule has 0 saturated carbocycles. The van der Waals surface area contributed by atoms with Crippen molar-refractivity contribution in [1.29, 1.82) is 0 Å². The number of hydrogen-bond donors (Lipinski definition) is 2. The van der Waals surface area contributed by atoms with Crippen molar-refractivity contribution in [2.24, 2.45) is 0 Å². The van der Waals surface area contributed by atoms with Crippen molar-refractivity contribution in [3.05, 3.63) is 117 Å². The number of hydrogen-bond acceptors (Lipinski definition) is 2. The minimum absolute atomic E-state index is 0.0563. The number of carbonyl (C=O) groups is 1. The van der Waals surface area contributed by atoms with E-state index in [9.17, 15) is 14.7 Å². The summed E-state index contributed by atoms with van der Waals surface area (Å²) in [4.78, 5) is 26.2. The Balaban J connectivity index is 1.93. The van der Waals surface area contributed by atoms with Gasteiger partial charge in [-0.3, -0.25) is 4.79 Å². The van der Waals surface area contributed by atoms with E-state index < -0.39 is 5.97 Å². The van der Waals surface area contributed by atoms with Gasteiger partial charge in [-0.15, -0.1) is 0 Å². The molecule has 4 rings (SSSR count). The molecule has 32 heavy (non-hydrogen) atoms. The van der Waals surface area contributed by atoms with Gasteiger partial charge in [0.05, 0.1) is 5.56 Å². The number of nitrogens with one attached hydrogen (secondary N) is 1. The third-order valence-corrected chi connectivity index (χ3v) is 6.16. The van der Waals surface area contributed by atoms with Crippen LogP contribution in [0.5, 0.6) is 0 Å². The van der Waals surface area contributed by atoms with Crippen LogP contribution in [0, 0.1) is 6.92 Å². The molecule has 2 atom stereocenters. The van der Waals surface area contributed by atoms with Crippen molar-refractivity contribution in [3.63, 3.8) is 0 Å². The van der Waals surface area contributed by atoms with E-state index in [1.165, 1.54) is 11.1 Å². The van der Waals surface area contributed by atoms with E-state index in [0.29, 0.717) is 5.56 Å². The highest BCUT2D eigenvalue weighted by atomic mass is 16.4. The molecule has 0 aliphatic carbocycles. The Labute approximate surface area is 187 Å². The number of aromatic carboxylic acids is 1. The van der Waals surface area contributed by atoms with E-state index in [4.69, 9.17) is 0 Å². The summed E-state index contributed by atoms with van der Waals surface area (Å²) < 4.78 is 0. The first kappa shape index (κ1) is 21.6. The molecule has 0 fully saturated rings. The summed E-state index contributed by atoms with van der Waals surface area (Å²) in [5.41, 5.74) is 5.67. The van der Waals surface area contributed by atoms with Crippen LogP contribution < -0.4 is 5.56 Å². The van der Waals surface area contributed by atoms with Gasteiger partial charge in [0, 0.05) is 22.9 Å². The lowest BCUT2D eigenvalue weighted by Gasteiger charge is -2.30. The van der Waals surface area contributed by atoms with Crippen LogP contribution in [0.25, 0.3) is 10.9 Å². The van der Waals surface area contributed by atoms with Crippen molar-refractivity contribution in [2.45, 2.75) is 38.5 Å². The maximum atomic E-state index is 11.9. The quantitative estimate of drug-likeness (QED) is 0.368. The smallest absolute Gasteiger partial charge is 0.335 e. The first-order chi connectivity index (χ1) is 15.5. The fraction of sp³-hybridized carbons (Fsp3) is 0.214. The molecule has 0 aliphatic heterocycles. The highest BCUT2D eigenvalue weighted by molar-refractivity contribution is 5.87. The summed E-state index contributed by atoms with van der Waals surface area (Å²) in [5.74, 6) is -0.708. The second kappa shape index (κ2) is 9.23. The van der Waals surface area contributed by atoms with E-state index in [-0.39, 0.29) is 17.4 Å². The number of H-pyrrole nitrogens is 1. The maximum Gasteiger partial charge on any atom is 0.335 e. The Bertz CT molecular complexity index is 1290. The van der Waals surface area contributed by atoms with Crippen LogP contribution in [0.3, 0.4) is 0 Å². The van der Waals surface area contributed by atoms with E-state index >= 15 is 0 Å². The van der Waals surface area contributed by atoms with Gasteiger partial charge in [-0.05, 0) is 60.2 Å². The number of carboxylic acids is 1. The van der Waals surface area contributed by atoms with E-state index in [1.807, 2.05) is 30.3 Å². The van der Waals surface area contributed by atoms with Crippen LogP contribution in [0.2, 0.25) is 0 Å². The van der Waals surface area contributed by atoms with Crippen LogP contribution in [0.1, 0.15) is 64.2 Å². The highest BCUT2D eigenvalue weighted by Gasteiger charge is 2.27. The Morgan fingerprint density at radius 2 is 1.59 bits per heavy atom. The summed E-state index contributed by atoms with van der Waals surface area (Å²) in [5, 5.41) is 10.3. The molecule has 0 amide bonds. The van der Waals surface area contributed by atoms with Crippen LogP contribution >= 0.6 is 0 Å². The number of benzene rings is 3. The Kier molecular flexibility index (Phi) is 6.22. The predicted molar refractivity (Wildman–Crippen MR) is 129 cm³/mol. The molecule has 0 aliphatic rings. The fourth-order valence-corrected chi connectivity index (χ4v) is 4.59. The number of pyridine rings is 1. The highest BCUT2D eigenvalue weighted by Crippen LogP contribution is 2.43. The van der Waals surface area contributed by atoms with Gasteiger partial charge in [-0.25, -0.2) is 4.79 Å². The van der Waals surface area contributed by atoms with E-state index in [2.05, 4.69) is 49.2 Å². The number of aryl methyl sites for hydroxylation is 1. The van der Waals surface area contributed by atoms with Crippen LogP contribution in [-0.4, -0.2) is 16.1 Å². The third-order valence-electron chi connectivity index (χ3n) is 6.16. The molecule has 0 saturated heterocycles. The molecule has 1 aromatic heterocycles. The van der Waals surface area contributed by atoms with Crippen molar-refractivity contribution in [2.75, 3.05) is 0 Å². The topological polar surface area (TPSA) is 70.2 Å². The molecular weight excluding hydrogens is 398 g/mol. The lowest BCUT2D eigenvalue weighted by Crippen LogP contribution is -2.15. The largest absolute Gasteiger partial charge is 0.478 e. The van der Waals surface area contributed by atoms with Gasteiger partial charge in [0.1, 0.15) is 0 Å². The molecule has 1 unspecified atom stereocenters. The van der Waals surface area contributed by atoms with Gasteiger partial charge in [0.2, 0.25) is 5.56 Å². The third kappa shape index (κ3) is 4.35. The Morgan fingerprint density at radius 1 is 0.906 bits per heavy atom. The van der Waals surface area contributed by atoms with Gasteiger partial charge < -0.3 is 10.1 Å². The molecule has 4 heteroatoms. The molecule has 0 radical (unpaired) electrons. The summed E-state index contributed by atoms with van der Waals surface area (Å²) in [7, 11) is 0. The second-order valence-corrected chi connectivity index (χ2v) is 8.34. The first-order valence-corrected chi connectivity index (χ1v) is 11.0. The average Bonchev–Trinajstić information content (AvgIpc) is 2.80. The molecular formula is C28H27NO3. The monoisotopic (exact) mass is 425 g/mol. The number of carboxylic acid groups (broad SMARTS) is 1. The Hall–Kier alpha value is -3.66. The van der Waals surface area contributed by atoms with Gasteiger partial charge in [0.15, 0.2) is 0 Å².